The van der Waals surface area contributed by atoms with Crippen molar-refractivity contribution in [1.29, 1.82) is 0 Å². The molecule has 2 unspecified atom stereocenters. The van der Waals surface area contributed by atoms with Crippen LogP contribution in [-0.2, 0) is 0 Å². The summed E-state index contributed by atoms with van der Waals surface area (Å²) in [5.41, 5.74) is 0. The average Bonchev–Trinajstić information content (AvgIpc) is 2.27. The second-order valence-corrected chi connectivity index (χ2v) is 4.92. The summed E-state index contributed by atoms with van der Waals surface area (Å²) in [7, 11) is 1.66. The minimum Gasteiger partial charge on any atom is -0.343 e. The largest absolute Gasteiger partial charge is 0.343 e. The van der Waals surface area contributed by atoms with Crippen molar-refractivity contribution in [2.45, 2.75) is 71.4 Å². The van der Waals surface area contributed by atoms with E-state index in [0.29, 0.717) is 13.0 Å². The van der Waals surface area contributed by atoms with Crippen molar-refractivity contribution in [3.05, 3.63) is 0 Å². The van der Waals surface area contributed by atoms with Gasteiger partial charge in [-0.25, -0.2) is 5.21 Å². The molecule has 2 atom stereocenters. The molecule has 0 bridgehead atoms. The lowest BCUT2D eigenvalue weighted by Gasteiger charge is -2.29. The van der Waals surface area contributed by atoms with Crippen LogP contribution in [0.2, 0.25) is 0 Å². The van der Waals surface area contributed by atoms with E-state index in [4.69, 9.17) is 0 Å². The van der Waals surface area contributed by atoms with Crippen LogP contribution in [0, 0.1) is 0 Å². The monoisotopic (exact) mass is 232 g/mol. The third kappa shape index (κ3) is 7.20. The molecule has 0 spiro atoms. The van der Waals surface area contributed by atoms with E-state index < -0.39 is 6.23 Å². The van der Waals surface area contributed by atoms with Gasteiger partial charge in [0, 0.05) is 6.42 Å². The van der Waals surface area contributed by atoms with Crippen LogP contribution >= 0.6 is 0 Å². The second kappa shape index (κ2) is 8.97. The summed E-state index contributed by atoms with van der Waals surface area (Å²) in [6.45, 7) is 4.66. The molecule has 0 fully saturated rings. The molecule has 2 N–H and O–H groups in total. The summed E-state index contributed by atoms with van der Waals surface area (Å²) < 4.78 is -0.268. The smallest absolute Gasteiger partial charge is 0.220 e. The van der Waals surface area contributed by atoms with Crippen molar-refractivity contribution in [3.63, 3.8) is 0 Å². The van der Waals surface area contributed by atoms with Gasteiger partial charge in [0.1, 0.15) is 13.6 Å². The fraction of sp³-hybridized carbons (Fsp3) is 1.00. The van der Waals surface area contributed by atoms with Gasteiger partial charge in [0.05, 0.1) is 0 Å². The zero-order chi connectivity index (χ0) is 12.4. The highest BCUT2D eigenvalue weighted by atomic mass is 16.6. The predicted octanol–water partition coefficient (Wildman–Crippen LogP) is 3.30. The maximum Gasteiger partial charge on any atom is 0.220 e. The van der Waals surface area contributed by atoms with Gasteiger partial charge in [0.2, 0.25) is 6.23 Å². The highest BCUT2D eigenvalue weighted by molar-refractivity contribution is 4.47. The Morgan fingerprint density at radius 2 is 1.44 bits per heavy atom. The molecule has 0 saturated heterocycles. The third-order valence-electron chi connectivity index (χ3n) is 3.35. The molecule has 3 nitrogen and oxygen atoms in total. The Kier molecular flexibility index (Phi) is 8.90. The lowest BCUT2D eigenvalue weighted by molar-refractivity contribution is -1.12. The minimum absolute atomic E-state index is 0.268. The first kappa shape index (κ1) is 15.9. The lowest BCUT2D eigenvalue weighted by atomic mass is 10.1. The van der Waals surface area contributed by atoms with E-state index in [1.54, 1.807) is 7.05 Å². The molecule has 0 aliphatic carbocycles. The molecule has 16 heavy (non-hydrogen) atoms. The highest BCUT2D eigenvalue weighted by Crippen LogP contribution is 2.13. The summed E-state index contributed by atoms with van der Waals surface area (Å²) >= 11 is 0. The van der Waals surface area contributed by atoms with Gasteiger partial charge in [-0.2, -0.15) is 4.65 Å². The van der Waals surface area contributed by atoms with Gasteiger partial charge >= 0.3 is 0 Å². The van der Waals surface area contributed by atoms with Crippen LogP contribution in [-0.4, -0.2) is 34.8 Å². The van der Waals surface area contributed by atoms with Crippen LogP contribution < -0.4 is 0 Å². The first-order chi connectivity index (χ1) is 7.54. The molecule has 98 valence electrons. The number of quaternary nitrogens is 1. The van der Waals surface area contributed by atoms with Crippen LogP contribution in [0.1, 0.15) is 65.2 Å². The number of nitrogens with zero attached hydrogens (tertiary/aromatic N) is 1. The van der Waals surface area contributed by atoms with E-state index in [0.717, 1.165) is 6.42 Å². The van der Waals surface area contributed by atoms with E-state index >= 15 is 0 Å². The van der Waals surface area contributed by atoms with E-state index in [2.05, 4.69) is 6.92 Å². The van der Waals surface area contributed by atoms with Gasteiger partial charge < -0.3 is 5.11 Å². The predicted molar refractivity (Wildman–Crippen MR) is 67.1 cm³/mol. The molecule has 0 aromatic heterocycles. The van der Waals surface area contributed by atoms with Gasteiger partial charge in [-0.15, -0.1) is 0 Å². The van der Waals surface area contributed by atoms with Crippen LogP contribution in [0.4, 0.5) is 0 Å². The minimum atomic E-state index is -0.624. The quantitative estimate of drug-likeness (QED) is 0.262. The number of hydroxylamine groups is 3. The maximum absolute atomic E-state index is 9.75. The standard InChI is InChI=1S/C13H30NO2/c1-4-6-7-8-9-10-11-12-13(15)14(3,16)5-2/h13,15-16H,4-12H2,1-3H3/q+1. The van der Waals surface area contributed by atoms with Gasteiger partial charge in [-0.05, 0) is 13.3 Å². The van der Waals surface area contributed by atoms with Crippen molar-refractivity contribution in [3.8, 4) is 0 Å². The number of rotatable bonds is 10. The normalized spacial score (nSPS) is 17.1. The number of hydrogen-bond donors (Lipinski definition) is 2. The SMILES string of the molecule is CCCCCCCCCC(O)[N+](C)(O)CC. The fourth-order valence-electron chi connectivity index (χ4n) is 1.77. The fourth-order valence-corrected chi connectivity index (χ4v) is 1.77. The van der Waals surface area contributed by atoms with Crippen LogP contribution in [0.3, 0.4) is 0 Å². The Hall–Kier alpha value is -0.120. The molecule has 0 aromatic rings. The lowest BCUT2D eigenvalue weighted by Crippen LogP contribution is -2.49. The van der Waals surface area contributed by atoms with Crippen LogP contribution in [0.25, 0.3) is 0 Å². The molecular weight excluding hydrogens is 202 g/mol. The summed E-state index contributed by atoms with van der Waals surface area (Å²) in [6.07, 6.45) is 8.79. The molecule has 3 heteroatoms. The summed E-state index contributed by atoms with van der Waals surface area (Å²) in [4.78, 5) is 0. The number of unbranched alkanes of at least 4 members (excludes halogenated alkanes) is 6. The zero-order valence-electron chi connectivity index (χ0n) is 11.3. The molecular formula is C13H30NO2+. The number of hydrogen-bond acceptors (Lipinski definition) is 2. The van der Waals surface area contributed by atoms with Crippen molar-refractivity contribution < 1.29 is 15.0 Å². The van der Waals surface area contributed by atoms with E-state index in [1.807, 2.05) is 6.92 Å². The molecule has 0 rings (SSSR count). The van der Waals surface area contributed by atoms with E-state index in [9.17, 15) is 10.3 Å². The van der Waals surface area contributed by atoms with Crippen LogP contribution in [0.15, 0.2) is 0 Å². The molecule has 0 radical (unpaired) electrons. The highest BCUT2D eigenvalue weighted by Gasteiger charge is 2.26. The zero-order valence-corrected chi connectivity index (χ0v) is 11.3. The average molecular weight is 232 g/mol. The van der Waals surface area contributed by atoms with Crippen molar-refractivity contribution >= 4 is 0 Å². The van der Waals surface area contributed by atoms with E-state index in [-0.39, 0.29) is 4.65 Å². The topological polar surface area (TPSA) is 40.5 Å². The maximum atomic E-state index is 9.75. The number of aliphatic hydroxyl groups excluding tert-OH is 1. The molecule has 0 saturated carbocycles. The Morgan fingerprint density at radius 1 is 0.938 bits per heavy atom. The second-order valence-electron chi connectivity index (χ2n) is 4.92. The van der Waals surface area contributed by atoms with Gasteiger partial charge in [0.25, 0.3) is 0 Å². The first-order valence-corrected chi connectivity index (χ1v) is 6.80. The molecule has 0 aromatic carbocycles. The Labute approximate surface area is 101 Å². The van der Waals surface area contributed by atoms with Crippen LogP contribution in [0.5, 0.6) is 0 Å². The Morgan fingerprint density at radius 3 is 1.94 bits per heavy atom. The Balaban J connectivity index is 3.38. The van der Waals surface area contributed by atoms with Gasteiger partial charge in [-0.1, -0.05) is 45.4 Å². The summed E-state index contributed by atoms with van der Waals surface area (Å²) in [5, 5.41) is 19.5. The number of aliphatic hydroxyl groups is 1. The van der Waals surface area contributed by atoms with Crippen molar-refractivity contribution in [2.24, 2.45) is 0 Å². The first-order valence-electron chi connectivity index (χ1n) is 6.80. The molecule has 0 heterocycles. The van der Waals surface area contributed by atoms with Crippen molar-refractivity contribution in [2.75, 3.05) is 13.6 Å². The van der Waals surface area contributed by atoms with Crippen molar-refractivity contribution in [1.82, 2.24) is 0 Å². The third-order valence-corrected chi connectivity index (χ3v) is 3.35. The summed E-state index contributed by atoms with van der Waals surface area (Å²) in [6, 6.07) is 0. The Bertz CT molecular complexity index is 160. The summed E-state index contributed by atoms with van der Waals surface area (Å²) in [5.74, 6) is 0. The van der Waals surface area contributed by atoms with Gasteiger partial charge in [-0.3, -0.25) is 0 Å². The molecule has 0 aliphatic rings. The van der Waals surface area contributed by atoms with E-state index in [1.165, 1.54) is 38.5 Å². The molecule has 0 amide bonds. The molecule has 0 aliphatic heterocycles. The van der Waals surface area contributed by atoms with Gasteiger partial charge in [0.15, 0.2) is 0 Å².